The Morgan fingerprint density at radius 3 is 2.71 bits per heavy atom. The maximum Gasteiger partial charge on any atom is 0.309 e. The average Bonchev–Trinajstić information content (AvgIpc) is 2.26. The van der Waals surface area contributed by atoms with E-state index in [9.17, 15) is 13.6 Å². The van der Waals surface area contributed by atoms with Crippen molar-refractivity contribution in [3.63, 3.8) is 0 Å². The van der Waals surface area contributed by atoms with Crippen LogP contribution in [0.4, 0.5) is 8.78 Å². The Morgan fingerprint density at radius 1 is 1.65 bits per heavy atom. The first-order chi connectivity index (χ1) is 7.99. The van der Waals surface area contributed by atoms with Crippen molar-refractivity contribution in [2.24, 2.45) is 0 Å². The molecule has 1 aromatic heterocycles. The summed E-state index contributed by atoms with van der Waals surface area (Å²) in [4.78, 5) is 14.1. The highest BCUT2D eigenvalue weighted by atomic mass is 35.5. The Labute approximate surface area is 100 Å². The summed E-state index contributed by atoms with van der Waals surface area (Å²) in [5.41, 5.74) is -0.908. The third kappa shape index (κ3) is 3.11. The minimum atomic E-state index is -2.88. The van der Waals surface area contributed by atoms with Gasteiger partial charge < -0.3 is 5.11 Å². The van der Waals surface area contributed by atoms with Crippen LogP contribution in [0.15, 0.2) is 6.07 Å². The van der Waals surface area contributed by atoms with Crippen molar-refractivity contribution in [2.45, 2.75) is 18.7 Å². The molecule has 4 nitrogen and oxygen atoms in total. The van der Waals surface area contributed by atoms with Gasteiger partial charge in [0.2, 0.25) is 0 Å². The molecule has 0 saturated carbocycles. The van der Waals surface area contributed by atoms with Crippen LogP contribution in [0.2, 0.25) is 0 Å². The van der Waals surface area contributed by atoms with E-state index in [1.54, 1.807) is 6.07 Å². The predicted molar refractivity (Wildman–Crippen MR) is 54.8 cm³/mol. The Hall–Kier alpha value is -1.74. The molecule has 0 atom stereocenters. The number of aliphatic carboxylic acids is 1. The van der Waals surface area contributed by atoms with Crippen molar-refractivity contribution in [1.29, 1.82) is 5.26 Å². The molecule has 90 valence electrons. The number of carbonyl (C=O) groups is 1. The fraction of sp³-hybridized carbons (Fsp3) is 0.300. The molecular weight excluding hydrogens is 254 g/mol. The van der Waals surface area contributed by atoms with Gasteiger partial charge in [0, 0.05) is 11.4 Å². The molecule has 0 amide bonds. The Kier molecular flexibility index (Phi) is 4.35. The Bertz CT molecular complexity index is 486. The van der Waals surface area contributed by atoms with Crippen molar-refractivity contribution >= 4 is 17.6 Å². The van der Waals surface area contributed by atoms with Gasteiger partial charge in [0.25, 0.3) is 6.43 Å². The zero-order chi connectivity index (χ0) is 13.0. The average molecular weight is 261 g/mol. The van der Waals surface area contributed by atoms with E-state index in [1.807, 2.05) is 0 Å². The van der Waals surface area contributed by atoms with Gasteiger partial charge in [-0.05, 0) is 11.6 Å². The fourth-order valence-corrected chi connectivity index (χ4v) is 1.60. The Balaban J connectivity index is 3.41. The van der Waals surface area contributed by atoms with E-state index in [-0.39, 0.29) is 22.8 Å². The number of aromatic nitrogens is 1. The first-order valence-corrected chi connectivity index (χ1v) is 5.01. The summed E-state index contributed by atoms with van der Waals surface area (Å²) in [6.45, 7) is 0. The van der Waals surface area contributed by atoms with Crippen LogP contribution >= 0.6 is 11.6 Å². The van der Waals surface area contributed by atoms with E-state index in [0.29, 0.717) is 0 Å². The van der Waals surface area contributed by atoms with Crippen molar-refractivity contribution < 1.29 is 18.7 Å². The number of halogens is 3. The van der Waals surface area contributed by atoms with Gasteiger partial charge in [0.1, 0.15) is 11.8 Å². The summed E-state index contributed by atoms with van der Waals surface area (Å²) < 4.78 is 25.6. The van der Waals surface area contributed by atoms with Crippen molar-refractivity contribution in [3.8, 4) is 6.07 Å². The van der Waals surface area contributed by atoms with Gasteiger partial charge in [-0.2, -0.15) is 5.26 Å². The molecule has 0 aliphatic rings. The van der Waals surface area contributed by atoms with Crippen LogP contribution < -0.4 is 0 Å². The molecule has 1 N–H and O–H groups in total. The number of rotatable bonds is 4. The van der Waals surface area contributed by atoms with E-state index >= 15 is 0 Å². The van der Waals surface area contributed by atoms with Gasteiger partial charge in [-0.3, -0.25) is 4.79 Å². The molecule has 17 heavy (non-hydrogen) atoms. The van der Waals surface area contributed by atoms with Gasteiger partial charge in [-0.1, -0.05) is 0 Å². The molecule has 0 fully saturated rings. The number of nitriles is 1. The number of nitrogens with zero attached hydrogens (tertiary/aromatic N) is 2. The van der Waals surface area contributed by atoms with Crippen LogP contribution in [-0.4, -0.2) is 16.1 Å². The van der Waals surface area contributed by atoms with E-state index in [2.05, 4.69) is 4.98 Å². The van der Waals surface area contributed by atoms with Crippen LogP contribution in [0.3, 0.4) is 0 Å². The second-order valence-electron chi connectivity index (χ2n) is 3.14. The van der Waals surface area contributed by atoms with Crippen LogP contribution in [0.5, 0.6) is 0 Å². The van der Waals surface area contributed by atoms with Gasteiger partial charge in [-0.25, -0.2) is 13.8 Å². The van der Waals surface area contributed by atoms with Crippen molar-refractivity contribution in [3.05, 3.63) is 28.6 Å². The lowest BCUT2D eigenvalue weighted by atomic mass is 10.0. The fourth-order valence-electron chi connectivity index (χ4n) is 1.38. The topological polar surface area (TPSA) is 74.0 Å². The molecule has 0 radical (unpaired) electrons. The van der Waals surface area contributed by atoms with E-state index in [4.69, 9.17) is 22.0 Å². The van der Waals surface area contributed by atoms with Gasteiger partial charge in [0.15, 0.2) is 0 Å². The maximum absolute atomic E-state index is 12.8. The highest BCUT2D eigenvalue weighted by Gasteiger charge is 2.21. The standard InChI is InChI=1S/C10H7ClF2N2O2/c11-3-5-1-6(4-14)15-7(2-8(16)17)9(5)10(12)13/h1,10H,2-3H2,(H,16,17). The molecule has 1 rings (SSSR count). The molecule has 0 aliphatic carbocycles. The summed E-state index contributed by atoms with van der Waals surface area (Å²) in [6.07, 6.45) is -3.54. The molecule has 1 aromatic rings. The zero-order valence-electron chi connectivity index (χ0n) is 8.45. The minimum absolute atomic E-state index is 0.0319. The highest BCUT2D eigenvalue weighted by Crippen LogP contribution is 2.28. The van der Waals surface area contributed by atoms with Crippen LogP contribution in [0.25, 0.3) is 0 Å². The molecule has 0 spiro atoms. The predicted octanol–water partition coefficient (Wildman–Crippen LogP) is 2.26. The maximum atomic E-state index is 12.8. The monoisotopic (exact) mass is 260 g/mol. The quantitative estimate of drug-likeness (QED) is 0.843. The number of carboxylic acid groups (broad SMARTS) is 1. The lowest BCUT2D eigenvalue weighted by molar-refractivity contribution is -0.136. The molecular formula is C10H7ClF2N2O2. The number of hydrogen-bond acceptors (Lipinski definition) is 3. The summed E-state index contributed by atoms with van der Waals surface area (Å²) in [5.74, 6) is -1.53. The second kappa shape index (κ2) is 5.55. The van der Waals surface area contributed by atoms with E-state index in [0.717, 1.165) is 6.07 Å². The van der Waals surface area contributed by atoms with Gasteiger partial charge in [-0.15, -0.1) is 11.6 Å². The number of alkyl halides is 3. The molecule has 0 bridgehead atoms. The van der Waals surface area contributed by atoms with Crippen molar-refractivity contribution in [1.82, 2.24) is 4.98 Å². The lowest BCUT2D eigenvalue weighted by Gasteiger charge is -2.11. The van der Waals surface area contributed by atoms with E-state index in [1.165, 1.54) is 0 Å². The number of hydrogen-bond donors (Lipinski definition) is 1. The van der Waals surface area contributed by atoms with E-state index < -0.39 is 24.4 Å². The first kappa shape index (κ1) is 13.3. The van der Waals surface area contributed by atoms with Crippen LogP contribution in [0, 0.1) is 11.3 Å². The normalized spacial score (nSPS) is 10.3. The zero-order valence-corrected chi connectivity index (χ0v) is 9.21. The highest BCUT2D eigenvalue weighted by molar-refractivity contribution is 6.17. The third-order valence-corrected chi connectivity index (χ3v) is 2.31. The summed E-state index contributed by atoms with van der Waals surface area (Å²) >= 11 is 5.50. The molecule has 0 saturated heterocycles. The van der Waals surface area contributed by atoms with Crippen LogP contribution in [0.1, 0.15) is 28.9 Å². The number of pyridine rings is 1. The van der Waals surface area contributed by atoms with Gasteiger partial charge >= 0.3 is 5.97 Å². The molecule has 0 aromatic carbocycles. The minimum Gasteiger partial charge on any atom is -0.481 e. The molecule has 7 heteroatoms. The summed E-state index contributed by atoms with van der Waals surface area (Å²) in [7, 11) is 0. The molecule has 1 heterocycles. The Morgan fingerprint density at radius 2 is 2.29 bits per heavy atom. The SMILES string of the molecule is N#Cc1cc(CCl)c(C(F)F)c(CC(=O)O)n1. The number of carboxylic acids is 1. The summed E-state index contributed by atoms with van der Waals surface area (Å²) in [6, 6.07) is 2.81. The summed E-state index contributed by atoms with van der Waals surface area (Å²) in [5, 5.41) is 17.3. The first-order valence-electron chi connectivity index (χ1n) is 4.48. The molecule has 0 aliphatic heterocycles. The lowest BCUT2D eigenvalue weighted by Crippen LogP contribution is -2.10. The second-order valence-corrected chi connectivity index (χ2v) is 3.41. The van der Waals surface area contributed by atoms with Gasteiger partial charge in [0.05, 0.1) is 12.1 Å². The third-order valence-electron chi connectivity index (χ3n) is 2.02. The smallest absolute Gasteiger partial charge is 0.309 e. The van der Waals surface area contributed by atoms with Crippen LogP contribution in [-0.2, 0) is 17.1 Å². The van der Waals surface area contributed by atoms with Crippen molar-refractivity contribution in [2.75, 3.05) is 0 Å². The molecule has 0 unspecified atom stereocenters. The largest absolute Gasteiger partial charge is 0.481 e.